The van der Waals surface area contributed by atoms with Crippen LogP contribution in [0.1, 0.15) is 54.5 Å². The Bertz CT molecular complexity index is 1550. The number of hydrogen-bond acceptors (Lipinski definition) is 3. The Kier molecular flexibility index (Phi) is 5.79. The predicted molar refractivity (Wildman–Crippen MR) is 154 cm³/mol. The fourth-order valence-corrected chi connectivity index (χ4v) is 7.94. The molecular weight excluding hydrogens is 511 g/mol. The minimum absolute atomic E-state index is 0.0257. The molecule has 3 nitrogen and oxygen atoms in total. The second-order valence-corrected chi connectivity index (χ2v) is 12.2. The van der Waals surface area contributed by atoms with E-state index in [1.165, 1.54) is 35.2 Å². The van der Waals surface area contributed by atoms with Crippen LogP contribution in [0.2, 0.25) is 10.0 Å². The van der Waals surface area contributed by atoms with Gasteiger partial charge in [0.1, 0.15) is 5.75 Å². The maximum Gasteiger partial charge on any atom is 0.160 e. The highest BCUT2D eigenvalue weighted by molar-refractivity contribution is 6.42. The largest absolute Gasteiger partial charge is 0.497 e. The zero-order valence-electron chi connectivity index (χ0n) is 21.7. The number of benzene rings is 3. The lowest BCUT2D eigenvalue weighted by Gasteiger charge is -2.49. The summed E-state index contributed by atoms with van der Waals surface area (Å²) in [7, 11) is 1.76. The van der Waals surface area contributed by atoms with Crippen molar-refractivity contribution in [2.45, 2.75) is 50.4 Å². The highest BCUT2D eigenvalue weighted by atomic mass is 35.5. The van der Waals surface area contributed by atoms with Crippen LogP contribution in [0.4, 0.5) is 0 Å². The summed E-state index contributed by atoms with van der Waals surface area (Å²) in [6, 6.07) is 22.9. The van der Waals surface area contributed by atoms with Gasteiger partial charge in [0.15, 0.2) is 5.82 Å². The van der Waals surface area contributed by atoms with E-state index in [4.69, 9.17) is 37.9 Å². The van der Waals surface area contributed by atoms with Crippen LogP contribution < -0.4 is 4.74 Å². The predicted octanol–water partition coefficient (Wildman–Crippen LogP) is 8.70. The first-order chi connectivity index (χ1) is 18.5. The number of fused-ring (bicyclic) bond motifs is 7. The molecule has 0 spiro atoms. The highest BCUT2D eigenvalue weighted by Crippen LogP contribution is 2.60. The number of aromatic nitrogens is 2. The van der Waals surface area contributed by atoms with Crippen LogP contribution >= 0.6 is 23.2 Å². The Balaban J connectivity index is 1.36. The van der Waals surface area contributed by atoms with E-state index in [0.717, 1.165) is 47.7 Å². The second-order valence-electron chi connectivity index (χ2n) is 11.4. The van der Waals surface area contributed by atoms with Gasteiger partial charge in [-0.15, -0.1) is 0 Å². The number of methoxy groups -OCH3 is 1. The molecule has 1 fully saturated rings. The lowest BCUT2D eigenvalue weighted by Crippen LogP contribution is -2.43. The molecule has 0 aliphatic heterocycles. The van der Waals surface area contributed by atoms with Gasteiger partial charge in [0, 0.05) is 22.1 Å². The van der Waals surface area contributed by atoms with Crippen molar-refractivity contribution in [1.82, 2.24) is 9.97 Å². The normalized spacial score (nSPS) is 25.2. The molecule has 192 valence electrons. The topological polar surface area (TPSA) is 35.0 Å². The standard InChI is InChI=1S/C33H30Cl2N2O/c1-33-15-14-24-23-12-10-22(38-2)16-20(23)8-11-25(24)27(33)18-26-30(21-9-13-28(34)29(35)17-21)36-32(37-31(26)33)19-6-4-3-5-7-19/h3-7,9-10,12-13,16-17,24-25,27H,8,11,14-15,18H2,1-2H3/t24-,25+,27+,33+/m1/s1. The van der Waals surface area contributed by atoms with Crippen molar-refractivity contribution >= 4 is 23.2 Å². The molecule has 0 amide bonds. The van der Waals surface area contributed by atoms with Crippen molar-refractivity contribution in [3.8, 4) is 28.4 Å². The Morgan fingerprint density at radius 2 is 1.74 bits per heavy atom. The van der Waals surface area contributed by atoms with Gasteiger partial charge in [0.05, 0.1) is 28.5 Å². The molecule has 0 unspecified atom stereocenters. The zero-order valence-corrected chi connectivity index (χ0v) is 23.2. The Morgan fingerprint density at radius 1 is 0.895 bits per heavy atom. The van der Waals surface area contributed by atoms with E-state index in [1.54, 1.807) is 7.11 Å². The van der Waals surface area contributed by atoms with E-state index < -0.39 is 0 Å². The van der Waals surface area contributed by atoms with E-state index >= 15 is 0 Å². The van der Waals surface area contributed by atoms with Crippen molar-refractivity contribution < 1.29 is 4.74 Å². The molecule has 3 aliphatic carbocycles. The zero-order chi connectivity index (χ0) is 26.0. The first-order valence-electron chi connectivity index (χ1n) is 13.6. The van der Waals surface area contributed by atoms with Crippen LogP contribution in [0.25, 0.3) is 22.6 Å². The van der Waals surface area contributed by atoms with Gasteiger partial charge in [-0.3, -0.25) is 0 Å². The second kappa shape index (κ2) is 9.10. The minimum atomic E-state index is 0.0257. The molecule has 3 aliphatic rings. The molecule has 0 saturated heterocycles. The van der Waals surface area contributed by atoms with Crippen LogP contribution in [0, 0.1) is 11.8 Å². The van der Waals surface area contributed by atoms with E-state index in [2.05, 4.69) is 49.4 Å². The van der Waals surface area contributed by atoms with Gasteiger partial charge in [-0.1, -0.05) is 72.6 Å². The van der Waals surface area contributed by atoms with Crippen LogP contribution in [0.15, 0.2) is 66.7 Å². The fourth-order valence-electron chi connectivity index (χ4n) is 7.64. The molecular formula is C33H30Cl2N2O. The third-order valence-electron chi connectivity index (χ3n) is 9.52. The van der Waals surface area contributed by atoms with E-state index in [9.17, 15) is 0 Å². The summed E-state index contributed by atoms with van der Waals surface area (Å²) in [5, 5.41) is 1.11. The Hall–Kier alpha value is -2.88. The summed E-state index contributed by atoms with van der Waals surface area (Å²) in [6.45, 7) is 2.46. The maximum atomic E-state index is 6.50. The van der Waals surface area contributed by atoms with E-state index in [0.29, 0.717) is 27.8 Å². The first kappa shape index (κ1) is 24.2. The minimum Gasteiger partial charge on any atom is -0.497 e. The summed E-state index contributed by atoms with van der Waals surface area (Å²) < 4.78 is 5.53. The quantitative estimate of drug-likeness (QED) is 0.260. The molecule has 38 heavy (non-hydrogen) atoms. The van der Waals surface area contributed by atoms with Gasteiger partial charge >= 0.3 is 0 Å². The average Bonchev–Trinajstić information content (AvgIpc) is 3.26. The highest BCUT2D eigenvalue weighted by Gasteiger charge is 2.54. The Morgan fingerprint density at radius 3 is 2.53 bits per heavy atom. The summed E-state index contributed by atoms with van der Waals surface area (Å²) in [5.41, 5.74) is 8.59. The van der Waals surface area contributed by atoms with E-state index in [1.807, 2.05) is 24.3 Å². The van der Waals surface area contributed by atoms with Crippen molar-refractivity contribution in [2.75, 3.05) is 7.11 Å². The first-order valence-corrected chi connectivity index (χ1v) is 14.3. The molecule has 4 atom stereocenters. The number of nitrogens with zero attached hydrogens (tertiary/aromatic N) is 2. The summed E-state index contributed by atoms with van der Waals surface area (Å²) in [6.07, 6.45) is 5.63. The van der Waals surface area contributed by atoms with Gasteiger partial charge in [0.2, 0.25) is 0 Å². The number of rotatable bonds is 3. The molecule has 1 heterocycles. The monoisotopic (exact) mass is 540 g/mol. The molecule has 1 saturated carbocycles. The van der Waals surface area contributed by atoms with Crippen LogP contribution in [-0.2, 0) is 18.3 Å². The smallest absolute Gasteiger partial charge is 0.160 e. The summed E-state index contributed by atoms with van der Waals surface area (Å²) >= 11 is 12.8. The van der Waals surface area contributed by atoms with Gasteiger partial charge in [-0.05, 0) is 85.3 Å². The number of ether oxygens (including phenoxy) is 1. The van der Waals surface area contributed by atoms with Gasteiger partial charge in [-0.2, -0.15) is 0 Å². The molecule has 0 radical (unpaired) electrons. The molecule has 5 heteroatoms. The van der Waals surface area contributed by atoms with Crippen molar-refractivity contribution in [1.29, 1.82) is 0 Å². The van der Waals surface area contributed by atoms with Crippen molar-refractivity contribution in [3.05, 3.63) is 99.2 Å². The van der Waals surface area contributed by atoms with Gasteiger partial charge < -0.3 is 4.74 Å². The van der Waals surface area contributed by atoms with Crippen LogP contribution in [0.5, 0.6) is 5.75 Å². The number of aryl methyl sites for hydroxylation is 1. The lowest BCUT2D eigenvalue weighted by molar-refractivity contribution is 0.104. The van der Waals surface area contributed by atoms with Crippen LogP contribution in [0.3, 0.4) is 0 Å². The van der Waals surface area contributed by atoms with Crippen LogP contribution in [-0.4, -0.2) is 17.1 Å². The maximum absolute atomic E-state index is 6.50. The molecule has 1 aromatic heterocycles. The summed E-state index contributed by atoms with van der Waals surface area (Å²) in [4.78, 5) is 10.5. The van der Waals surface area contributed by atoms with Crippen molar-refractivity contribution in [2.24, 2.45) is 11.8 Å². The molecule has 7 rings (SSSR count). The van der Waals surface area contributed by atoms with E-state index in [-0.39, 0.29) is 5.41 Å². The van der Waals surface area contributed by atoms with Gasteiger partial charge in [-0.25, -0.2) is 9.97 Å². The summed E-state index contributed by atoms with van der Waals surface area (Å²) in [5.74, 6) is 3.51. The lowest BCUT2D eigenvalue weighted by atomic mass is 9.55. The van der Waals surface area contributed by atoms with Crippen molar-refractivity contribution in [3.63, 3.8) is 0 Å². The van der Waals surface area contributed by atoms with Gasteiger partial charge in [0.25, 0.3) is 0 Å². The average molecular weight is 542 g/mol. The molecule has 3 aromatic carbocycles. The molecule has 0 N–H and O–H groups in total. The molecule has 0 bridgehead atoms. The fraction of sp³-hybridized carbons (Fsp3) is 0.333. The SMILES string of the molecule is COc1ccc2c(c1)CC[C@H]1[C@@H]2CC[C@]2(C)c3nc(-c4ccccc4)nc(-c4ccc(Cl)c(Cl)c4)c3C[C@@H]12. The number of hydrogen-bond donors (Lipinski definition) is 0. The molecule has 4 aromatic rings. The third kappa shape index (κ3) is 3.70. The Labute approximate surface area is 234 Å². The third-order valence-corrected chi connectivity index (χ3v) is 10.3. The number of halogens is 2.